The maximum absolute atomic E-state index is 12.8. The van der Waals surface area contributed by atoms with Gasteiger partial charge in [0.15, 0.2) is 0 Å². The Kier molecular flexibility index (Phi) is 5.83. The Morgan fingerprint density at radius 3 is 2.57 bits per heavy atom. The Bertz CT molecular complexity index is 764. The number of carbonyl (C=O) groups excluding carboxylic acids is 1. The largest absolute Gasteiger partial charge is 0.445 e. The highest BCUT2D eigenvalue weighted by atomic mass is 16.6. The molecule has 0 aliphatic carbocycles. The van der Waals surface area contributed by atoms with Crippen molar-refractivity contribution in [2.75, 3.05) is 32.8 Å². The van der Waals surface area contributed by atoms with E-state index in [2.05, 4.69) is 14.9 Å². The fourth-order valence-corrected chi connectivity index (χ4v) is 3.97. The number of carbonyl (C=O) groups is 1. The molecule has 4 rings (SSSR count). The number of rotatable bonds is 4. The van der Waals surface area contributed by atoms with Gasteiger partial charge in [-0.1, -0.05) is 30.3 Å². The van der Waals surface area contributed by atoms with Crippen LogP contribution in [-0.4, -0.2) is 64.2 Å². The van der Waals surface area contributed by atoms with Crippen LogP contribution in [-0.2, 0) is 22.6 Å². The first-order valence-corrected chi connectivity index (χ1v) is 9.80. The Morgan fingerprint density at radius 2 is 1.82 bits per heavy atom. The number of hydrogen-bond donors (Lipinski definition) is 0. The minimum Gasteiger partial charge on any atom is -0.445 e. The van der Waals surface area contributed by atoms with Crippen LogP contribution in [0.1, 0.15) is 24.2 Å². The van der Waals surface area contributed by atoms with Gasteiger partial charge in [-0.15, -0.1) is 0 Å². The molecule has 7 nitrogen and oxygen atoms in total. The molecule has 3 heterocycles. The number of morpholine rings is 1. The highest BCUT2D eigenvalue weighted by Gasteiger charge is 2.45. The van der Waals surface area contributed by atoms with Crippen LogP contribution in [0, 0.1) is 0 Å². The first-order chi connectivity index (χ1) is 13.8. The standard InChI is InChI=1S/C21H26N4O3/c26-20(28-16-18-5-2-1-3-6-18)25-13-14-27-17-21(25)7-11-24(12-8-21)15-19-22-9-4-10-23-19/h1-6,9-10H,7-8,11-17H2. The minimum absolute atomic E-state index is 0.244. The number of ether oxygens (including phenoxy) is 2. The van der Waals surface area contributed by atoms with Crippen molar-refractivity contribution in [3.05, 3.63) is 60.2 Å². The third-order valence-corrected chi connectivity index (χ3v) is 5.60. The van der Waals surface area contributed by atoms with Gasteiger partial charge in [0.1, 0.15) is 12.4 Å². The Labute approximate surface area is 165 Å². The second-order valence-corrected chi connectivity index (χ2v) is 7.41. The molecular weight excluding hydrogens is 356 g/mol. The number of hydrogen-bond acceptors (Lipinski definition) is 6. The highest BCUT2D eigenvalue weighted by Crippen LogP contribution is 2.33. The first-order valence-electron chi connectivity index (χ1n) is 9.80. The summed E-state index contributed by atoms with van der Waals surface area (Å²) in [7, 11) is 0. The average Bonchev–Trinajstić information content (AvgIpc) is 2.76. The number of amides is 1. The summed E-state index contributed by atoms with van der Waals surface area (Å²) in [5.41, 5.74) is 0.718. The van der Waals surface area contributed by atoms with Crippen LogP contribution in [0.15, 0.2) is 48.8 Å². The topological polar surface area (TPSA) is 67.8 Å². The third kappa shape index (κ3) is 4.31. The highest BCUT2D eigenvalue weighted by molar-refractivity contribution is 5.69. The zero-order valence-corrected chi connectivity index (χ0v) is 16.0. The quantitative estimate of drug-likeness (QED) is 0.809. The fourth-order valence-electron chi connectivity index (χ4n) is 3.97. The second kappa shape index (κ2) is 8.67. The smallest absolute Gasteiger partial charge is 0.410 e. The van der Waals surface area contributed by atoms with Crippen LogP contribution in [0.25, 0.3) is 0 Å². The Morgan fingerprint density at radius 1 is 1.07 bits per heavy atom. The van der Waals surface area contributed by atoms with Gasteiger partial charge in [-0.2, -0.15) is 0 Å². The second-order valence-electron chi connectivity index (χ2n) is 7.41. The minimum atomic E-state index is -0.278. The van der Waals surface area contributed by atoms with Crippen LogP contribution in [0.5, 0.6) is 0 Å². The molecule has 0 N–H and O–H groups in total. The molecule has 7 heteroatoms. The lowest BCUT2D eigenvalue weighted by Crippen LogP contribution is -2.63. The van der Waals surface area contributed by atoms with Crippen molar-refractivity contribution in [3.8, 4) is 0 Å². The molecule has 0 bridgehead atoms. The first kappa shape index (κ1) is 18.8. The van der Waals surface area contributed by atoms with E-state index in [0.29, 0.717) is 26.4 Å². The van der Waals surface area contributed by atoms with Gasteiger partial charge >= 0.3 is 6.09 Å². The van der Waals surface area contributed by atoms with Gasteiger partial charge in [-0.05, 0) is 24.5 Å². The average molecular weight is 382 g/mol. The SMILES string of the molecule is O=C(OCc1ccccc1)N1CCOCC12CCN(Cc1ncccn1)CC2. The van der Waals surface area contributed by atoms with Gasteiger partial charge in [0, 0.05) is 32.0 Å². The Balaban J connectivity index is 1.36. The summed E-state index contributed by atoms with van der Waals surface area (Å²) in [5, 5.41) is 0. The van der Waals surface area contributed by atoms with Crippen LogP contribution in [0.2, 0.25) is 0 Å². The van der Waals surface area contributed by atoms with E-state index in [4.69, 9.17) is 9.47 Å². The van der Waals surface area contributed by atoms with Crippen molar-refractivity contribution >= 4 is 6.09 Å². The van der Waals surface area contributed by atoms with Gasteiger partial charge < -0.3 is 9.47 Å². The predicted molar refractivity (Wildman–Crippen MR) is 103 cm³/mol. The van der Waals surface area contributed by atoms with Gasteiger partial charge in [-0.3, -0.25) is 9.80 Å². The molecule has 1 spiro atoms. The van der Waals surface area contributed by atoms with Crippen molar-refractivity contribution < 1.29 is 14.3 Å². The van der Waals surface area contributed by atoms with Gasteiger partial charge in [0.25, 0.3) is 0 Å². The molecule has 0 atom stereocenters. The molecule has 2 saturated heterocycles. The van der Waals surface area contributed by atoms with Crippen molar-refractivity contribution in [1.82, 2.24) is 19.8 Å². The molecule has 2 aliphatic rings. The maximum Gasteiger partial charge on any atom is 0.410 e. The lowest BCUT2D eigenvalue weighted by Gasteiger charge is -2.50. The van der Waals surface area contributed by atoms with E-state index in [1.807, 2.05) is 41.3 Å². The maximum atomic E-state index is 12.8. The molecule has 0 saturated carbocycles. The number of likely N-dealkylation sites (tertiary alicyclic amines) is 1. The number of benzene rings is 1. The lowest BCUT2D eigenvalue weighted by molar-refractivity contribution is -0.0873. The monoisotopic (exact) mass is 382 g/mol. The van der Waals surface area contributed by atoms with Crippen LogP contribution < -0.4 is 0 Å². The molecule has 1 amide bonds. The van der Waals surface area contributed by atoms with E-state index in [9.17, 15) is 4.79 Å². The molecular formula is C21H26N4O3. The van der Waals surface area contributed by atoms with Gasteiger partial charge in [0.05, 0.1) is 25.3 Å². The Hall–Kier alpha value is -2.51. The predicted octanol–water partition coefficient (Wildman–Crippen LogP) is 2.48. The number of aromatic nitrogens is 2. The zero-order valence-electron chi connectivity index (χ0n) is 16.0. The van der Waals surface area contributed by atoms with E-state index in [1.165, 1.54) is 0 Å². The summed E-state index contributed by atoms with van der Waals surface area (Å²) in [4.78, 5) is 25.7. The summed E-state index contributed by atoms with van der Waals surface area (Å²) >= 11 is 0. The normalized spacial score (nSPS) is 19.5. The lowest BCUT2D eigenvalue weighted by atomic mass is 9.85. The number of piperidine rings is 1. The molecule has 2 aromatic rings. The molecule has 2 aliphatic heterocycles. The van der Waals surface area contributed by atoms with Crippen LogP contribution in [0.4, 0.5) is 4.79 Å². The van der Waals surface area contributed by atoms with Crippen LogP contribution in [0.3, 0.4) is 0 Å². The van der Waals surface area contributed by atoms with E-state index in [0.717, 1.165) is 43.9 Å². The third-order valence-electron chi connectivity index (χ3n) is 5.60. The molecule has 1 aromatic carbocycles. The molecule has 148 valence electrons. The van der Waals surface area contributed by atoms with E-state index >= 15 is 0 Å². The molecule has 1 aromatic heterocycles. The van der Waals surface area contributed by atoms with Crippen molar-refractivity contribution in [2.24, 2.45) is 0 Å². The van der Waals surface area contributed by atoms with E-state index in [-0.39, 0.29) is 11.6 Å². The van der Waals surface area contributed by atoms with E-state index < -0.39 is 0 Å². The summed E-state index contributed by atoms with van der Waals surface area (Å²) in [6.45, 7) is 4.50. The van der Waals surface area contributed by atoms with Gasteiger partial charge in [0.2, 0.25) is 0 Å². The van der Waals surface area contributed by atoms with Crippen molar-refractivity contribution in [3.63, 3.8) is 0 Å². The fraction of sp³-hybridized carbons (Fsp3) is 0.476. The van der Waals surface area contributed by atoms with Crippen LogP contribution >= 0.6 is 0 Å². The molecule has 0 radical (unpaired) electrons. The summed E-state index contributed by atoms with van der Waals surface area (Å²) in [5.74, 6) is 0.831. The van der Waals surface area contributed by atoms with Crippen molar-refractivity contribution in [2.45, 2.75) is 31.5 Å². The van der Waals surface area contributed by atoms with E-state index in [1.54, 1.807) is 12.4 Å². The summed E-state index contributed by atoms with van der Waals surface area (Å²) in [6, 6.07) is 11.6. The van der Waals surface area contributed by atoms with Crippen molar-refractivity contribution in [1.29, 1.82) is 0 Å². The molecule has 2 fully saturated rings. The van der Waals surface area contributed by atoms with Gasteiger partial charge in [-0.25, -0.2) is 14.8 Å². The molecule has 0 unspecified atom stereocenters. The zero-order chi connectivity index (χ0) is 19.2. The summed E-state index contributed by atoms with van der Waals surface area (Å²) < 4.78 is 11.4. The number of nitrogens with zero attached hydrogens (tertiary/aromatic N) is 4. The summed E-state index contributed by atoms with van der Waals surface area (Å²) in [6.07, 6.45) is 5.02. The molecule has 28 heavy (non-hydrogen) atoms.